The van der Waals surface area contributed by atoms with Crippen LogP contribution in [0.15, 0.2) is 12.1 Å². The van der Waals surface area contributed by atoms with Gasteiger partial charge < -0.3 is 10.1 Å². The fraction of sp³-hybridized carbons (Fsp3) is 0.647. The van der Waals surface area contributed by atoms with Crippen LogP contribution >= 0.6 is 11.6 Å². The molecule has 0 bridgehead atoms. The molecule has 0 radical (unpaired) electrons. The SMILES string of the molecule is CC1CC(Cc2nc(Cl)ccc2F)(C(=O)OC(C)(C)C)CCN1. The van der Waals surface area contributed by atoms with E-state index in [4.69, 9.17) is 16.3 Å². The highest BCUT2D eigenvalue weighted by atomic mass is 35.5. The summed E-state index contributed by atoms with van der Waals surface area (Å²) in [4.78, 5) is 16.9. The van der Waals surface area contributed by atoms with Crippen molar-refractivity contribution in [2.75, 3.05) is 6.54 Å². The highest BCUT2D eigenvalue weighted by Crippen LogP contribution is 2.38. The summed E-state index contributed by atoms with van der Waals surface area (Å²) in [6, 6.07) is 2.85. The Morgan fingerprint density at radius 3 is 2.83 bits per heavy atom. The molecule has 2 atom stereocenters. The Morgan fingerprint density at radius 2 is 2.22 bits per heavy atom. The van der Waals surface area contributed by atoms with Gasteiger partial charge in [-0.1, -0.05) is 11.6 Å². The second kappa shape index (κ2) is 6.73. The van der Waals surface area contributed by atoms with Crippen molar-refractivity contribution in [3.05, 3.63) is 28.8 Å². The minimum Gasteiger partial charge on any atom is -0.460 e. The van der Waals surface area contributed by atoms with Crippen LogP contribution in [0.4, 0.5) is 4.39 Å². The summed E-state index contributed by atoms with van der Waals surface area (Å²) >= 11 is 5.89. The first kappa shape index (κ1) is 18.1. The topological polar surface area (TPSA) is 51.2 Å². The number of nitrogens with zero attached hydrogens (tertiary/aromatic N) is 1. The Morgan fingerprint density at radius 1 is 1.52 bits per heavy atom. The molecule has 2 rings (SSSR count). The van der Waals surface area contributed by atoms with E-state index in [0.29, 0.717) is 19.4 Å². The molecule has 0 aliphatic carbocycles. The van der Waals surface area contributed by atoms with Crippen LogP contribution in [0.1, 0.15) is 46.2 Å². The Hall–Kier alpha value is -1.20. The number of pyridine rings is 1. The summed E-state index contributed by atoms with van der Waals surface area (Å²) in [7, 11) is 0. The molecule has 0 spiro atoms. The first-order chi connectivity index (χ1) is 10.6. The zero-order valence-electron chi connectivity index (χ0n) is 14.1. The predicted molar refractivity (Wildman–Crippen MR) is 87.9 cm³/mol. The smallest absolute Gasteiger partial charge is 0.313 e. The van der Waals surface area contributed by atoms with E-state index < -0.39 is 16.8 Å². The molecule has 1 aromatic rings. The normalized spacial score (nSPS) is 25.2. The highest BCUT2D eigenvalue weighted by molar-refractivity contribution is 6.29. The molecular formula is C17H24ClFN2O2. The van der Waals surface area contributed by atoms with E-state index in [2.05, 4.69) is 10.3 Å². The maximum absolute atomic E-state index is 14.1. The zero-order valence-corrected chi connectivity index (χ0v) is 14.8. The van der Waals surface area contributed by atoms with Gasteiger partial charge in [0.1, 0.15) is 16.6 Å². The average Bonchev–Trinajstić information content (AvgIpc) is 2.41. The van der Waals surface area contributed by atoms with E-state index in [-0.39, 0.29) is 29.3 Å². The number of nitrogens with one attached hydrogen (secondary N) is 1. The van der Waals surface area contributed by atoms with E-state index in [9.17, 15) is 9.18 Å². The number of esters is 1. The Bertz CT molecular complexity index is 588. The Balaban J connectivity index is 2.34. The van der Waals surface area contributed by atoms with E-state index in [1.165, 1.54) is 12.1 Å². The number of piperidine rings is 1. The molecule has 4 nitrogen and oxygen atoms in total. The summed E-state index contributed by atoms with van der Waals surface area (Å²) in [6.45, 7) is 8.20. The minimum absolute atomic E-state index is 0.151. The largest absolute Gasteiger partial charge is 0.460 e. The lowest BCUT2D eigenvalue weighted by Crippen LogP contribution is -2.50. The van der Waals surface area contributed by atoms with Crippen LogP contribution in [0, 0.1) is 11.2 Å². The number of aromatic nitrogens is 1. The lowest BCUT2D eigenvalue weighted by molar-refractivity contribution is -0.170. The fourth-order valence-corrected chi connectivity index (χ4v) is 3.19. The molecule has 2 unspecified atom stereocenters. The number of ether oxygens (including phenoxy) is 1. The van der Waals surface area contributed by atoms with Gasteiger partial charge in [0.25, 0.3) is 0 Å². The lowest BCUT2D eigenvalue weighted by Gasteiger charge is -2.40. The molecule has 128 valence electrons. The van der Waals surface area contributed by atoms with E-state index in [0.717, 1.165) is 0 Å². The van der Waals surface area contributed by atoms with Crippen molar-refractivity contribution in [2.45, 2.75) is 58.6 Å². The highest BCUT2D eigenvalue weighted by Gasteiger charge is 2.45. The molecule has 1 N–H and O–H groups in total. The number of halogens is 2. The van der Waals surface area contributed by atoms with Crippen LogP contribution in [-0.4, -0.2) is 29.1 Å². The quantitative estimate of drug-likeness (QED) is 0.674. The van der Waals surface area contributed by atoms with Gasteiger partial charge in [0.05, 0.1) is 11.1 Å². The van der Waals surface area contributed by atoms with Crippen molar-refractivity contribution in [2.24, 2.45) is 5.41 Å². The number of rotatable bonds is 3. The van der Waals surface area contributed by atoms with Crippen molar-refractivity contribution in [3.8, 4) is 0 Å². The van der Waals surface area contributed by atoms with Gasteiger partial charge in [0.15, 0.2) is 0 Å². The van der Waals surface area contributed by atoms with E-state index in [1.54, 1.807) is 0 Å². The van der Waals surface area contributed by atoms with Crippen molar-refractivity contribution in [1.29, 1.82) is 0 Å². The van der Waals surface area contributed by atoms with Crippen molar-refractivity contribution >= 4 is 17.6 Å². The van der Waals surface area contributed by atoms with Crippen LogP contribution in [0.5, 0.6) is 0 Å². The number of carbonyl (C=O) groups excluding carboxylic acids is 1. The molecule has 23 heavy (non-hydrogen) atoms. The maximum atomic E-state index is 14.1. The minimum atomic E-state index is -0.781. The van der Waals surface area contributed by atoms with Gasteiger partial charge in [0.2, 0.25) is 0 Å². The van der Waals surface area contributed by atoms with Crippen molar-refractivity contribution in [1.82, 2.24) is 10.3 Å². The summed E-state index contributed by atoms with van der Waals surface area (Å²) in [5.74, 6) is -0.733. The molecule has 0 amide bonds. The molecule has 1 fully saturated rings. The molecule has 0 saturated carbocycles. The third kappa shape index (κ3) is 4.64. The van der Waals surface area contributed by atoms with E-state index >= 15 is 0 Å². The lowest BCUT2D eigenvalue weighted by atomic mass is 9.72. The Kier molecular flexibility index (Phi) is 5.31. The number of hydrogen-bond donors (Lipinski definition) is 1. The average molecular weight is 343 g/mol. The van der Waals surface area contributed by atoms with E-state index in [1.807, 2.05) is 27.7 Å². The predicted octanol–water partition coefficient (Wildman–Crippen LogP) is 3.52. The molecule has 2 heterocycles. The second-order valence-corrected chi connectivity index (χ2v) is 7.72. The van der Waals surface area contributed by atoms with Crippen LogP contribution in [-0.2, 0) is 16.0 Å². The molecule has 0 aromatic carbocycles. The number of carbonyl (C=O) groups is 1. The Labute approximate surface area is 141 Å². The van der Waals surface area contributed by atoms with Crippen molar-refractivity contribution < 1.29 is 13.9 Å². The third-order valence-electron chi connectivity index (χ3n) is 4.02. The van der Waals surface area contributed by atoms with Gasteiger partial charge >= 0.3 is 5.97 Å². The van der Waals surface area contributed by atoms with Crippen molar-refractivity contribution in [3.63, 3.8) is 0 Å². The molecule has 1 saturated heterocycles. The van der Waals surface area contributed by atoms with Gasteiger partial charge in [-0.3, -0.25) is 4.79 Å². The second-order valence-electron chi connectivity index (χ2n) is 7.33. The summed E-state index contributed by atoms with van der Waals surface area (Å²) < 4.78 is 19.7. The molecule has 1 aliphatic heterocycles. The number of hydrogen-bond acceptors (Lipinski definition) is 4. The fourth-order valence-electron chi connectivity index (χ4n) is 3.02. The monoisotopic (exact) mass is 342 g/mol. The molecule has 1 aromatic heterocycles. The van der Waals surface area contributed by atoms with Gasteiger partial charge in [-0.05, 0) is 59.2 Å². The van der Waals surface area contributed by atoms with Crippen LogP contribution in [0.3, 0.4) is 0 Å². The summed E-state index contributed by atoms with van der Waals surface area (Å²) in [6.07, 6.45) is 1.36. The van der Waals surface area contributed by atoms with Gasteiger partial charge in [-0.25, -0.2) is 9.37 Å². The van der Waals surface area contributed by atoms with Gasteiger partial charge in [0, 0.05) is 12.5 Å². The first-order valence-electron chi connectivity index (χ1n) is 7.89. The maximum Gasteiger partial charge on any atom is 0.313 e. The summed E-state index contributed by atoms with van der Waals surface area (Å²) in [5.41, 5.74) is -1.15. The van der Waals surface area contributed by atoms with Gasteiger partial charge in [-0.15, -0.1) is 0 Å². The molecule has 6 heteroatoms. The first-order valence-corrected chi connectivity index (χ1v) is 8.27. The van der Waals surface area contributed by atoms with Gasteiger partial charge in [-0.2, -0.15) is 0 Å². The van der Waals surface area contributed by atoms with Crippen LogP contribution in [0.25, 0.3) is 0 Å². The molecular weight excluding hydrogens is 319 g/mol. The van der Waals surface area contributed by atoms with Crippen LogP contribution in [0.2, 0.25) is 5.15 Å². The third-order valence-corrected chi connectivity index (χ3v) is 4.23. The standard InChI is InChI=1S/C17H24ClFN2O2/c1-11-9-17(7-8-20-11,15(22)23-16(2,3)4)10-13-12(19)5-6-14(18)21-13/h5-6,11,20H,7-10H2,1-4H3. The molecule has 1 aliphatic rings. The zero-order chi connectivity index (χ0) is 17.3. The summed E-state index contributed by atoms with van der Waals surface area (Å²) in [5, 5.41) is 3.54. The van der Waals surface area contributed by atoms with Crippen LogP contribution < -0.4 is 5.32 Å².